The molecule has 0 saturated carbocycles. The van der Waals surface area contributed by atoms with Gasteiger partial charge in [0.2, 0.25) is 0 Å². The second-order valence-corrected chi connectivity index (χ2v) is 7.99. The van der Waals surface area contributed by atoms with Crippen LogP contribution in [0.25, 0.3) is 0 Å². The normalized spacial score (nSPS) is 14.0. The molecule has 1 saturated heterocycles. The monoisotopic (exact) mass is 444 g/mol. The molecule has 170 valence electrons. The number of aromatic nitrogens is 1. The second-order valence-electron chi connectivity index (χ2n) is 7.99. The van der Waals surface area contributed by atoms with Gasteiger partial charge in [0.15, 0.2) is 0 Å². The van der Waals surface area contributed by atoms with E-state index in [4.69, 9.17) is 4.74 Å². The van der Waals surface area contributed by atoms with E-state index in [1.54, 1.807) is 23.2 Å². The number of rotatable bonds is 6. The van der Waals surface area contributed by atoms with E-state index in [1.165, 1.54) is 12.7 Å². The fourth-order valence-electron chi connectivity index (χ4n) is 3.92. The number of piperazine rings is 1. The Balaban J connectivity index is 1.44. The minimum atomic E-state index is -0.382. The van der Waals surface area contributed by atoms with Crippen LogP contribution in [0.4, 0.5) is 10.6 Å². The van der Waals surface area contributed by atoms with Gasteiger partial charge in [0.1, 0.15) is 5.82 Å². The molecule has 1 fully saturated rings. The first-order chi connectivity index (χ1) is 16.1. The van der Waals surface area contributed by atoms with E-state index in [1.807, 2.05) is 41.3 Å². The van der Waals surface area contributed by atoms with E-state index in [-0.39, 0.29) is 12.0 Å². The molecule has 7 nitrogen and oxygen atoms in total. The highest BCUT2D eigenvalue weighted by molar-refractivity contribution is 5.91. The highest BCUT2D eigenvalue weighted by atomic mass is 16.5. The maximum Gasteiger partial charge on any atom is 0.337 e. The molecule has 0 unspecified atom stereocenters. The Bertz CT molecular complexity index is 1050. The summed E-state index contributed by atoms with van der Waals surface area (Å²) in [5, 5.41) is 0. The lowest BCUT2D eigenvalue weighted by Gasteiger charge is -2.37. The van der Waals surface area contributed by atoms with Gasteiger partial charge in [0, 0.05) is 38.9 Å². The molecule has 33 heavy (non-hydrogen) atoms. The fourth-order valence-corrected chi connectivity index (χ4v) is 3.92. The van der Waals surface area contributed by atoms with Crippen molar-refractivity contribution in [3.8, 4) is 0 Å². The van der Waals surface area contributed by atoms with Crippen LogP contribution in [0.3, 0.4) is 0 Å². The fraction of sp³-hybridized carbons (Fsp3) is 0.269. The highest BCUT2D eigenvalue weighted by Gasteiger charge is 2.27. The summed E-state index contributed by atoms with van der Waals surface area (Å²) in [5.41, 5.74) is 2.67. The van der Waals surface area contributed by atoms with Gasteiger partial charge in [0.25, 0.3) is 0 Å². The van der Waals surface area contributed by atoms with Crippen LogP contribution in [0.15, 0.2) is 79.0 Å². The summed E-state index contributed by atoms with van der Waals surface area (Å²) >= 11 is 0. The molecule has 1 aliphatic heterocycles. The smallest absolute Gasteiger partial charge is 0.337 e. The second kappa shape index (κ2) is 10.7. The van der Waals surface area contributed by atoms with Gasteiger partial charge in [-0.1, -0.05) is 48.5 Å². The number of methoxy groups -OCH3 is 1. The first-order valence-corrected chi connectivity index (χ1v) is 11.0. The van der Waals surface area contributed by atoms with Crippen LogP contribution in [0, 0.1) is 0 Å². The molecule has 1 aliphatic rings. The number of amides is 2. The van der Waals surface area contributed by atoms with Gasteiger partial charge >= 0.3 is 12.0 Å². The molecule has 0 atom stereocenters. The lowest BCUT2D eigenvalue weighted by atomic mass is 10.1. The van der Waals surface area contributed by atoms with Crippen molar-refractivity contribution >= 4 is 17.8 Å². The third-order valence-electron chi connectivity index (χ3n) is 5.76. The molecular formula is C26H28N4O3. The van der Waals surface area contributed by atoms with Crippen molar-refractivity contribution in [2.45, 2.75) is 13.1 Å². The minimum Gasteiger partial charge on any atom is -0.465 e. The molecule has 7 heteroatoms. The summed E-state index contributed by atoms with van der Waals surface area (Å²) in [7, 11) is 1.36. The van der Waals surface area contributed by atoms with Gasteiger partial charge in [-0.3, -0.25) is 9.80 Å². The Morgan fingerprint density at radius 3 is 2.21 bits per heavy atom. The third-order valence-corrected chi connectivity index (χ3v) is 5.76. The predicted molar refractivity (Wildman–Crippen MR) is 127 cm³/mol. The molecule has 0 N–H and O–H groups in total. The van der Waals surface area contributed by atoms with Crippen LogP contribution in [0.2, 0.25) is 0 Å². The Labute approximate surface area is 194 Å². The molecule has 3 aromatic rings. The Kier molecular flexibility index (Phi) is 7.32. The zero-order valence-corrected chi connectivity index (χ0v) is 18.8. The summed E-state index contributed by atoms with van der Waals surface area (Å²) in [6.45, 7) is 4.22. The molecule has 0 radical (unpaired) electrons. The maximum absolute atomic E-state index is 13.5. The molecule has 2 heterocycles. The number of esters is 1. The molecule has 2 amide bonds. The Morgan fingerprint density at radius 1 is 0.879 bits per heavy atom. The van der Waals surface area contributed by atoms with Crippen molar-refractivity contribution in [2.24, 2.45) is 0 Å². The van der Waals surface area contributed by atoms with E-state index in [0.29, 0.717) is 31.0 Å². The van der Waals surface area contributed by atoms with E-state index in [2.05, 4.69) is 34.1 Å². The van der Waals surface area contributed by atoms with Crippen molar-refractivity contribution in [1.29, 1.82) is 0 Å². The van der Waals surface area contributed by atoms with Gasteiger partial charge in [-0.25, -0.2) is 14.6 Å². The zero-order chi connectivity index (χ0) is 23.0. The first-order valence-electron chi connectivity index (χ1n) is 11.0. The van der Waals surface area contributed by atoms with Crippen LogP contribution < -0.4 is 4.90 Å². The molecule has 4 rings (SSSR count). The summed E-state index contributed by atoms with van der Waals surface area (Å²) in [5.74, 6) is 0.221. The molecular weight excluding hydrogens is 416 g/mol. The SMILES string of the molecule is COC(=O)c1ccc(CN(C(=O)N2CCN(Cc3ccccc3)CC2)c2ccccn2)cc1. The number of nitrogens with zero attached hydrogens (tertiary/aromatic N) is 4. The van der Waals surface area contributed by atoms with Crippen molar-refractivity contribution in [3.05, 3.63) is 95.7 Å². The van der Waals surface area contributed by atoms with Gasteiger partial charge < -0.3 is 9.64 Å². The number of carbonyl (C=O) groups is 2. The summed E-state index contributed by atoms with van der Waals surface area (Å²) in [4.78, 5) is 35.6. The van der Waals surface area contributed by atoms with Crippen molar-refractivity contribution in [1.82, 2.24) is 14.8 Å². The van der Waals surface area contributed by atoms with Gasteiger partial charge in [-0.15, -0.1) is 0 Å². The first kappa shape index (κ1) is 22.5. The Hall–Kier alpha value is -3.71. The summed E-state index contributed by atoms with van der Waals surface area (Å²) in [6.07, 6.45) is 1.69. The minimum absolute atomic E-state index is 0.0647. The average Bonchev–Trinajstić information content (AvgIpc) is 2.88. The van der Waals surface area contributed by atoms with Crippen molar-refractivity contribution in [2.75, 3.05) is 38.2 Å². The van der Waals surface area contributed by atoms with E-state index >= 15 is 0 Å². The third kappa shape index (κ3) is 5.75. The van der Waals surface area contributed by atoms with Crippen LogP contribution in [-0.4, -0.2) is 60.1 Å². The zero-order valence-electron chi connectivity index (χ0n) is 18.8. The lowest BCUT2D eigenvalue weighted by molar-refractivity contribution is 0.0600. The number of benzene rings is 2. The maximum atomic E-state index is 13.5. The average molecular weight is 445 g/mol. The largest absolute Gasteiger partial charge is 0.465 e. The standard InChI is InChI=1S/C26H28N4O3/c1-33-25(31)23-12-10-22(11-13-23)20-30(24-9-5-6-14-27-24)26(32)29-17-15-28(16-18-29)19-21-7-3-2-4-8-21/h2-14H,15-20H2,1H3. The van der Waals surface area contributed by atoms with Crippen LogP contribution in [-0.2, 0) is 17.8 Å². The summed E-state index contributed by atoms with van der Waals surface area (Å²) in [6, 6.07) is 23.0. The number of carbonyl (C=O) groups excluding carboxylic acids is 2. The van der Waals surface area contributed by atoms with Crippen molar-refractivity contribution in [3.63, 3.8) is 0 Å². The van der Waals surface area contributed by atoms with Gasteiger partial charge in [-0.05, 0) is 35.4 Å². The van der Waals surface area contributed by atoms with Crippen LogP contribution in [0.5, 0.6) is 0 Å². The predicted octanol–water partition coefficient (Wildman–Crippen LogP) is 3.81. The highest BCUT2D eigenvalue weighted by Crippen LogP contribution is 2.19. The topological polar surface area (TPSA) is 66.0 Å². The quantitative estimate of drug-likeness (QED) is 0.541. The number of urea groups is 1. The van der Waals surface area contributed by atoms with Gasteiger partial charge in [-0.2, -0.15) is 0 Å². The number of ether oxygens (including phenoxy) is 1. The molecule has 0 aliphatic carbocycles. The van der Waals surface area contributed by atoms with Gasteiger partial charge in [0.05, 0.1) is 19.2 Å². The number of pyridine rings is 1. The van der Waals surface area contributed by atoms with Crippen LogP contribution >= 0.6 is 0 Å². The lowest BCUT2D eigenvalue weighted by Crippen LogP contribution is -2.52. The number of anilines is 1. The van der Waals surface area contributed by atoms with E-state index in [0.717, 1.165) is 25.2 Å². The van der Waals surface area contributed by atoms with E-state index in [9.17, 15) is 9.59 Å². The molecule has 2 aromatic carbocycles. The molecule has 0 spiro atoms. The molecule has 1 aromatic heterocycles. The van der Waals surface area contributed by atoms with Crippen LogP contribution in [0.1, 0.15) is 21.5 Å². The van der Waals surface area contributed by atoms with Crippen molar-refractivity contribution < 1.29 is 14.3 Å². The molecule has 0 bridgehead atoms. The Morgan fingerprint density at radius 2 is 1.58 bits per heavy atom. The van der Waals surface area contributed by atoms with E-state index < -0.39 is 0 Å². The number of hydrogen-bond donors (Lipinski definition) is 0. The summed E-state index contributed by atoms with van der Waals surface area (Å²) < 4.78 is 4.77. The number of hydrogen-bond acceptors (Lipinski definition) is 5.